The zero-order chi connectivity index (χ0) is 16.3. The van der Waals surface area contributed by atoms with E-state index in [0.717, 1.165) is 11.0 Å². The molecular weight excluding hydrogens is 318 g/mol. The summed E-state index contributed by atoms with van der Waals surface area (Å²) in [5.41, 5.74) is -1.27. The molecule has 0 bridgehead atoms. The molecule has 0 aliphatic rings. The average molecular weight is 329 g/mol. The number of nitrogens with one attached hydrogen (secondary N) is 1. The molecule has 22 heavy (non-hydrogen) atoms. The third-order valence-electron chi connectivity index (χ3n) is 2.86. The molecule has 0 fully saturated rings. The van der Waals surface area contributed by atoms with Gasteiger partial charge in [-0.2, -0.15) is 13.2 Å². The Balaban J connectivity index is 2.26. The molecule has 0 radical (unpaired) electrons. The standard InChI is InChI=1S/C15H11F4NOS/c1-22-11-4-2-3-10(8-11)20-14(21)9-5-6-13(16)12(7-9)15(17,18)19/h2-8H,1H3,(H,20,21). The minimum Gasteiger partial charge on any atom is -0.322 e. The minimum atomic E-state index is -4.85. The van der Waals surface area contributed by atoms with Crippen LogP contribution >= 0.6 is 11.8 Å². The largest absolute Gasteiger partial charge is 0.419 e. The number of alkyl halides is 3. The summed E-state index contributed by atoms with van der Waals surface area (Å²) in [7, 11) is 0. The molecule has 2 aromatic carbocycles. The number of hydrogen-bond acceptors (Lipinski definition) is 2. The lowest BCUT2D eigenvalue weighted by molar-refractivity contribution is -0.140. The van der Waals surface area contributed by atoms with Crippen LogP contribution in [0.15, 0.2) is 47.4 Å². The van der Waals surface area contributed by atoms with Gasteiger partial charge in [-0.15, -0.1) is 11.8 Å². The Morgan fingerprint density at radius 2 is 1.86 bits per heavy atom. The van der Waals surface area contributed by atoms with Crippen molar-refractivity contribution in [3.63, 3.8) is 0 Å². The quantitative estimate of drug-likeness (QED) is 0.646. The van der Waals surface area contributed by atoms with Crippen LogP contribution < -0.4 is 5.32 Å². The van der Waals surface area contributed by atoms with Crippen molar-refractivity contribution in [2.45, 2.75) is 11.1 Å². The predicted octanol–water partition coefficient (Wildman–Crippen LogP) is 4.82. The van der Waals surface area contributed by atoms with Gasteiger partial charge in [-0.05, 0) is 42.7 Å². The summed E-state index contributed by atoms with van der Waals surface area (Å²) in [4.78, 5) is 12.9. The van der Waals surface area contributed by atoms with Crippen LogP contribution in [0.1, 0.15) is 15.9 Å². The van der Waals surface area contributed by atoms with Gasteiger partial charge < -0.3 is 5.32 Å². The molecule has 0 spiro atoms. The number of carbonyl (C=O) groups is 1. The number of hydrogen-bond donors (Lipinski definition) is 1. The van der Waals surface area contributed by atoms with E-state index < -0.39 is 23.5 Å². The number of rotatable bonds is 3. The van der Waals surface area contributed by atoms with Crippen molar-refractivity contribution in [1.82, 2.24) is 0 Å². The predicted molar refractivity (Wildman–Crippen MR) is 77.6 cm³/mol. The third kappa shape index (κ3) is 3.79. The molecule has 0 aromatic heterocycles. The molecule has 0 saturated carbocycles. The topological polar surface area (TPSA) is 29.1 Å². The Bertz CT molecular complexity index is 700. The molecule has 2 nitrogen and oxygen atoms in total. The van der Waals surface area contributed by atoms with Crippen LogP contribution in [-0.4, -0.2) is 12.2 Å². The molecule has 116 valence electrons. The van der Waals surface area contributed by atoms with E-state index in [2.05, 4.69) is 5.32 Å². The number of benzene rings is 2. The van der Waals surface area contributed by atoms with Crippen molar-refractivity contribution >= 4 is 23.4 Å². The van der Waals surface area contributed by atoms with E-state index in [9.17, 15) is 22.4 Å². The molecule has 2 aromatic rings. The van der Waals surface area contributed by atoms with Gasteiger partial charge >= 0.3 is 6.18 Å². The van der Waals surface area contributed by atoms with Crippen molar-refractivity contribution in [2.75, 3.05) is 11.6 Å². The van der Waals surface area contributed by atoms with Gasteiger partial charge in [0.2, 0.25) is 0 Å². The minimum absolute atomic E-state index is 0.261. The second-order valence-electron chi connectivity index (χ2n) is 4.38. The number of anilines is 1. The van der Waals surface area contributed by atoms with Crippen molar-refractivity contribution in [3.8, 4) is 0 Å². The lowest BCUT2D eigenvalue weighted by Gasteiger charge is -2.11. The molecular formula is C15H11F4NOS. The molecule has 1 amide bonds. The van der Waals surface area contributed by atoms with Crippen molar-refractivity contribution in [2.24, 2.45) is 0 Å². The molecule has 1 N–H and O–H groups in total. The molecule has 0 aliphatic carbocycles. The zero-order valence-electron chi connectivity index (χ0n) is 11.4. The van der Waals surface area contributed by atoms with Gasteiger partial charge in [0.1, 0.15) is 5.82 Å². The van der Waals surface area contributed by atoms with Crippen molar-refractivity contribution in [3.05, 3.63) is 59.4 Å². The molecule has 0 aliphatic heterocycles. The Kier molecular flexibility index (Phi) is 4.75. The maximum absolute atomic E-state index is 13.2. The maximum Gasteiger partial charge on any atom is 0.419 e. The SMILES string of the molecule is CSc1cccc(NC(=O)c2ccc(F)c(C(F)(F)F)c2)c1. The molecule has 0 atom stereocenters. The summed E-state index contributed by atoms with van der Waals surface area (Å²) in [5, 5.41) is 2.49. The summed E-state index contributed by atoms with van der Waals surface area (Å²) in [6, 6.07) is 9.01. The highest BCUT2D eigenvalue weighted by Crippen LogP contribution is 2.32. The summed E-state index contributed by atoms with van der Waals surface area (Å²) in [6.45, 7) is 0. The van der Waals surface area contributed by atoms with E-state index in [1.807, 2.05) is 12.3 Å². The summed E-state index contributed by atoms with van der Waals surface area (Å²) >= 11 is 1.46. The van der Waals surface area contributed by atoms with Crippen LogP contribution in [0.5, 0.6) is 0 Å². The van der Waals surface area contributed by atoms with Gasteiger partial charge in [-0.25, -0.2) is 4.39 Å². The number of amides is 1. The Morgan fingerprint density at radius 1 is 1.14 bits per heavy atom. The normalized spacial score (nSPS) is 11.3. The number of thioether (sulfide) groups is 1. The number of carbonyl (C=O) groups excluding carboxylic acids is 1. The monoisotopic (exact) mass is 329 g/mol. The lowest BCUT2D eigenvalue weighted by Crippen LogP contribution is -2.15. The molecule has 2 rings (SSSR count). The van der Waals surface area contributed by atoms with Crippen LogP contribution in [0, 0.1) is 5.82 Å². The summed E-state index contributed by atoms with van der Waals surface area (Å²) < 4.78 is 51.1. The van der Waals surface area contributed by atoms with Gasteiger partial charge in [-0.1, -0.05) is 6.07 Å². The first-order valence-corrected chi connectivity index (χ1v) is 7.36. The first kappa shape index (κ1) is 16.4. The Hall–Kier alpha value is -2.02. The van der Waals surface area contributed by atoms with E-state index in [0.29, 0.717) is 17.8 Å². The Morgan fingerprint density at radius 3 is 2.50 bits per heavy atom. The first-order chi connectivity index (χ1) is 10.3. The van der Waals surface area contributed by atoms with Gasteiger partial charge in [0.25, 0.3) is 5.91 Å². The summed E-state index contributed by atoms with van der Waals surface area (Å²) in [6.07, 6.45) is -2.99. The van der Waals surface area contributed by atoms with Crippen LogP contribution in [0.4, 0.5) is 23.2 Å². The van der Waals surface area contributed by atoms with Crippen molar-refractivity contribution < 1.29 is 22.4 Å². The summed E-state index contributed by atoms with van der Waals surface area (Å²) in [5.74, 6) is -2.14. The fraction of sp³-hybridized carbons (Fsp3) is 0.133. The number of halogens is 4. The fourth-order valence-corrected chi connectivity index (χ4v) is 2.25. The van der Waals surface area contributed by atoms with E-state index in [4.69, 9.17) is 0 Å². The highest BCUT2D eigenvalue weighted by atomic mass is 32.2. The van der Waals surface area contributed by atoms with Gasteiger partial charge in [0, 0.05) is 16.1 Å². The van der Waals surface area contributed by atoms with Crippen LogP contribution in [0.2, 0.25) is 0 Å². The van der Waals surface area contributed by atoms with Crippen LogP contribution in [0.25, 0.3) is 0 Å². The van der Waals surface area contributed by atoms with Gasteiger partial charge in [-0.3, -0.25) is 4.79 Å². The smallest absolute Gasteiger partial charge is 0.322 e. The second-order valence-corrected chi connectivity index (χ2v) is 5.26. The zero-order valence-corrected chi connectivity index (χ0v) is 12.2. The van der Waals surface area contributed by atoms with Gasteiger partial charge in [0.15, 0.2) is 0 Å². The van der Waals surface area contributed by atoms with E-state index in [1.165, 1.54) is 11.8 Å². The fourth-order valence-electron chi connectivity index (χ4n) is 1.79. The van der Waals surface area contributed by atoms with Crippen molar-refractivity contribution in [1.29, 1.82) is 0 Å². The third-order valence-corrected chi connectivity index (χ3v) is 3.59. The molecule has 7 heteroatoms. The van der Waals surface area contributed by atoms with Crippen LogP contribution in [0.3, 0.4) is 0 Å². The molecule has 0 heterocycles. The van der Waals surface area contributed by atoms with E-state index in [1.54, 1.807) is 18.2 Å². The molecule has 0 unspecified atom stereocenters. The van der Waals surface area contributed by atoms with Crippen LogP contribution in [-0.2, 0) is 6.18 Å². The first-order valence-electron chi connectivity index (χ1n) is 6.13. The average Bonchev–Trinajstić information content (AvgIpc) is 2.46. The van der Waals surface area contributed by atoms with E-state index in [-0.39, 0.29) is 5.56 Å². The lowest BCUT2D eigenvalue weighted by atomic mass is 10.1. The second kappa shape index (κ2) is 6.39. The highest BCUT2D eigenvalue weighted by molar-refractivity contribution is 7.98. The Labute approximate surface area is 128 Å². The molecule has 0 saturated heterocycles. The maximum atomic E-state index is 13.2. The van der Waals surface area contributed by atoms with E-state index >= 15 is 0 Å². The van der Waals surface area contributed by atoms with Gasteiger partial charge in [0.05, 0.1) is 5.56 Å². The highest BCUT2D eigenvalue weighted by Gasteiger charge is 2.34.